The van der Waals surface area contributed by atoms with Crippen LogP contribution in [0.4, 0.5) is 0 Å². The third-order valence-electron chi connectivity index (χ3n) is 2.43. The van der Waals surface area contributed by atoms with Crippen molar-refractivity contribution in [2.45, 2.75) is 32.4 Å². The first kappa shape index (κ1) is 11.2. The largest absolute Gasteiger partial charge is 0.335 e. The van der Waals surface area contributed by atoms with E-state index < -0.39 is 0 Å². The number of aromatic nitrogens is 4. The maximum absolute atomic E-state index is 6.05. The molecular formula is C10H15N5S. The molecule has 0 aliphatic carbocycles. The maximum atomic E-state index is 6.05. The van der Waals surface area contributed by atoms with E-state index in [9.17, 15) is 0 Å². The molecule has 0 saturated heterocycles. The highest BCUT2D eigenvalue weighted by Crippen LogP contribution is 2.14. The second-order valence-corrected chi connectivity index (χ2v) is 4.29. The second kappa shape index (κ2) is 5.18. The van der Waals surface area contributed by atoms with Gasteiger partial charge in [-0.25, -0.2) is 4.98 Å². The zero-order chi connectivity index (χ0) is 11.4. The standard InChI is InChI=1S/C10H15N5S/c1-2-4-15-5-3-12-10(15)6-8(11)9-7-16-14-13-9/h3,5,7-8H,2,4,6,11H2,1H3. The second-order valence-electron chi connectivity index (χ2n) is 3.68. The Labute approximate surface area is 98.5 Å². The molecule has 86 valence electrons. The van der Waals surface area contributed by atoms with Crippen LogP contribution >= 0.6 is 11.5 Å². The number of rotatable bonds is 5. The summed E-state index contributed by atoms with van der Waals surface area (Å²) in [5.74, 6) is 1.02. The summed E-state index contributed by atoms with van der Waals surface area (Å²) < 4.78 is 5.95. The highest BCUT2D eigenvalue weighted by atomic mass is 32.1. The van der Waals surface area contributed by atoms with Crippen molar-refractivity contribution in [2.24, 2.45) is 5.73 Å². The van der Waals surface area contributed by atoms with E-state index in [1.54, 1.807) is 0 Å². The van der Waals surface area contributed by atoms with Crippen LogP contribution in [0.1, 0.15) is 30.9 Å². The molecule has 0 aromatic carbocycles. The summed E-state index contributed by atoms with van der Waals surface area (Å²) >= 11 is 1.33. The molecule has 1 atom stereocenters. The molecule has 0 radical (unpaired) electrons. The third kappa shape index (κ3) is 2.45. The van der Waals surface area contributed by atoms with Crippen molar-refractivity contribution in [3.8, 4) is 0 Å². The van der Waals surface area contributed by atoms with E-state index in [1.165, 1.54) is 11.5 Å². The molecule has 0 saturated carbocycles. The Morgan fingerprint density at radius 3 is 3.12 bits per heavy atom. The highest BCUT2D eigenvalue weighted by Gasteiger charge is 2.13. The molecule has 6 heteroatoms. The van der Waals surface area contributed by atoms with Crippen LogP contribution in [-0.2, 0) is 13.0 Å². The molecule has 0 amide bonds. The monoisotopic (exact) mass is 237 g/mol. The SMILES string of the molecule is CCCn1ccnc1CC(N)c1csnn1. The molecule has 1 unspecified atom stereocenters. The number of imidazole rings is 1. The molecule has 5 nitrogen and oxygen atoms in total. The summed E-state index contributed by atoms with van der Waals surface area (Å²) in [5.41, 5.74) is 6.89. The lowest BCUT2D eigenvalue weighted by Gasteiger charge is -2.10. The van der Waals surface area contributed by atoms with Gasteiger partial charge in [0.1, 0.15) is 5.82 Å². The Balaban J connectivity index is 2.06. The predicted molar refractivity (Wildman–Crippen MR) is 63.1 cm³/mol. The van der Waals surface area contributed by atoms with Gasteiger partial charge in [0.2, 0.25) is 0 Å². The first-order valence-electron chi connectivity index (χ1n) is 5.33. The van der Waals surface area contributed by atoms with Gasteiger partial charge in [0.15, 0.2) is 0 Å². The molecule has 0 fully saturated rings. The van der Waals surface area contributed by atoms with E-state index >= 15 is 0 Å². The number of hydrogen-bond donors (Lipinski definition) is 1. The quantitative estimate of drug-likeness (QED) is 0.853. The zero-order valence-corrected chi connectivity index (χ0v) is 10.0. The Morgan fingerprint density at radius 2 is 2.44 bits per heavy atom. The van der Waals surface area contributed by atoms with Crippen molar-refractivity contribution in [2.75, 3.05) is 0 Å². The summed E-state index contributed by atoms with van der Waals surface area (Å²) in [6.45, 7) is 3.13. The van der Waals surface area contributed by atoms with Crippen LogP contribution in [0.2, 0.25) is 0 Å². The van der Waals surface area contributed by atoms with E-state index in [0.29, 0.717) is 6.42 Å². The van der Waals surface area contributed by atoms with Gasteiger partial charge in [-0.2, -0.15) is 0 Å². The van der Waals surface area contributed by atoms with Crippen LogP contribution in [-0.4, -0.2) is 19.1 Å². The molecule has 2 rings (SSSR count). The molecule has 2 N–H and O–H groups in total. The Kier molecular flexibility index (Phi) is 3.63. The van der Waals surface area contributed by atoms with Crippen molar-refractivity contribution >= 4 is 11.5 Å². The minimum absolute atomic E-state index is 0.114. The van der Waals surface area contributed by atoms with Crippen LogP contribution in [0.5, 0.6) is 0 Å². The Hall–Kier alpha value is -1.27. The van der Waals surface area contributed by atoms with Crippen LogP contribution in [0, 0.1) is 0 Å². The minimum atomic E-state index is -0.114. The molecule has 2 heterocycles. The first-order chi connectivity index (χ1) is 7.81. The van der Waals surface area contributed by atoms with Crippen LogP contribution in [0.25, 0.3) is 0 Å². The zero-order valence-electron chi connectivity index (χ0n) is 9.21. The molecule has 0 aliphatic rings. The summed E-state index contributed by atoms with van der Waals surface area (Å²) in [7, 11) is 0. The fourth-order valence-electron chi connectivity index (χ4n) is 1.61. The smallest absolute Gasteiger partial charge is 0.110 e. The molecular weight excluding hydrogens is 222 g/mol. The van der Waals surface area contributed by atoms with Gasteiger partial charge in [0.05, 0.1) is 11.7 Å². The van der Waals surface area contributed by atoms with Gasteiger partial charge >= 0.3 is 0 Å². The van der Waals surface area contributed by atoms with E-state index in [0.717, 1.165) is 24.5 Å². The van der Waals surface area contributed by atoms with Gasteiger partial charge in [-0.1, -0.05) is 11.4 Å². The lowest BCUT2D eigenvalue weighted by molar-refractivity contribution is 0.591. The first-order valence-corrected chi connectivity index (χ1v) is 6.17. The van der Waals surface area contributed by atoms with E-state index in [2.05, 4.69) is 26.1 Å². The van der Waals surface area contributed by atoms with Gasteiger partial charge < -0.3 is 10.3 Å². The van der Waals surface area contributed by atoms with E-state index in [4.69, 9.17) is 5.73 Å². The number of aryl methyl sites for hydroxylation is 1. The highest BCUT2D eigenvalue weighted by molar-refractivity contribution is 7.03. The van der Waals surface area contributed by atoms with Gasteiger partial charge in [-0.3, -0.25) is 0 Å². The maximum Gasteiger partial charge on any atom is 0.110 e. The molecule has 0 bridgehead atoms. The Bertz CT molecular complexity index is 422. The molecule has 0 spiro atoms. The topological polar surface area (TPSA) is 69.6 Å². The summed E-state index contributed by atoms with van der Waals surface area (Å²) in [6, 6.07) is -0.114. The van der Waals surface area contributed by atoms with Crippen LogP contribution < -0.4 is 5.73 Å². The lowest BCUT2D eigenvalue weighted by atomic mass is 10.1. The van der Waals surface area contributed by atoms with Gasteiger partial charge in [-0.05, 0) is 18.0 Å². The van der Waals surface area contributed by atoms with Crippen molar-refractivity contribution in [1.82, 2.24) is 19.1 Å². The fourth-order valence-corrected chi connectivity index (χ4v) is 2.13. The van der Waals surface area contributed by atoms with Crippen LogP contribution in [0.15, 0.2) is 17.8 Å². The summed E-state index contributed by atoms with van der Waals surface area (Å²) in [6.07, 6.45) is 5.61. The van der Waals surface area contributed by atoms with Crippen molar-refractivity contribution < 1.29 is 0 Å². The molecule has 0 aliphatic heterocycles. The number of nitrogens with two attached hydrogens (primary N) is 1. The minimum Gasteiger partial charge on any atom is -0.335 e. The third-order valence-corrected chi connectivity index (χ3v) is 2.95. The van der Waals surface area contributed by atoms with Crippen molar-refractivity contribution in [3.05, 3.63) is 29.3 Å². The van der Waals surface area contributed by atoms with E-state index in [-0.39, 0.29) is 6.04 Å². The molecule has 2 aromatic heterocycles. The lowest BCUT2D eigenvalue weighted by Crippen LogP contribution is -2.17. The average Bonchev–Trinajstić information content (AvgIpc) is 2.90. The number of nitrogens with zero attached hydrogens (tertiary/aromatic N) is 4. The molecule has 2 aromatic rings. The average molecular weight is 237 g/mol. The fraction of sp³-hybridized carbons (Fsp3) is 0.500. The number of hydrogen-bond acceptors (Lipinski definition) is 5. The Morgan fingerprint density at radius 1 is 1.56 bits per heavy atom. The van der Waals surface area contributed by atoms with Crippen molar-refractivity contribution in [1.29, 1.82) is 0 Å². The van der Waals surface area contributed by atoms with Gasteiger partial charge in [-0.15, -0.1) is 5.10 Å². The normalized spacial score (nSPS) is 12.9. The van der Waals surface area contributed by atoms with Gasteiger partial charge in [0.25, 0.3) is 0 Å². The van der Waals surface area contributed by atoms with E-state index in [1.807, 2.05) is 17.8 Å². The van der Waals surface area contributed by atoms with Crippen molar-refractivity contribution in [3.63, 3.8) is 0 Å². The van der Waals surface area contributed by atoms with Crippen LogP contribution in [0.3, 0.4) is 0 Å². The molecule has 16 heavy (non-hydrogen) atoms. The summed E-state index contributed by atoms with van der Waals surface area (Å²) in [4.78, 5) is 4.32. The van der Waals surface area contributed by atoms with Gasteiger partial charge in [0, 0.05) is 30.7 Å². The predicted octanol–water partition coefficient (Wildman–Crippen LogP) is 1.39. The summed E-state index contributed by atoms with van der Waals surface area (Å²) in [5, 5.41) is 5.87.